The van der Waals surface area contributed by atoms with Crippen LogP contribution in [-0.4, -0.2) is 79.2 Å². The van der Waals surface area contributed by atoms with Gasteiger partial charge in [0.05, 0.1) is 13.2 Å². The van der Waals surface area contributed by atoms with E-state index in [1.54, 1.807) is 0 Å². The Morgan fingerprint density at radius 2 is 0.733 bits per heavy atom. The SMILES string of the molecule is CCCCCCCC/C=C\CCCCCCCCN(CCCl)CCCCCCCCCC(=O)OCCCCCCCCCCN(CCO)CCCCCCCCCCCC. The highest BCUT2D eigenvalue weighted by Crippen LogP contribution is 2.15. The van der Waals surface area contributed by atoms with Crippen molar-refractivity contribution in [3.8, 4) is 0 Å². The van der Waals surface area contributed by atoms with E-state index in [0.29, 0.717) is 13.0 Å². The van der Waals surface area contributed by atoms with E-state index in [2.05, 4.69) is 35.8 Å². The van der Waals surface area contributed by atoms with Crippen LogP contribution in [0.5, 0.6) is 0 Å². The highest BCUT2D eigenvalue weighted by Gasteiger charge is 2.07. The lowest BCUT2D eigenvalue weighted by Crippen LogP contribution is -2.29. The van der Waals surface area contributed by atoms with Crippen molar-refractivity contribution in [2.75, 3.05) is 58.4 Å². The van der Waals surface area contributed by atoms with Crippen LogP contribution in [0.1, 0.15) is 271 Å². The molecule has 0 aliphatic rings. The Balaban J connectivity index is 3.53. The van der Waals surface area contributed by atoms with Crippen LogP contribution in [0.2, 0.25) is 0 Å². The Labute approximate surface area is 381 Å². The average molecular weight is 868 g/mol. The van der Waals surface area contributed by atoms with Gasteiger partial charge in [0.15, 0.2) is 0 Å². The van der Waals surface area contributed by atoms with Crippen LogP contribution in [0.25, 0.3) is 0 Å². The molecule has 0 aliphatic carbocycles. The zero-order valence-corrected chi connectivity index (χ0v) is 41.6. The number of ether oxygens (including phenoxy) is 1. The standard InChI is InChI=1S/C54H107ClN2O3/c1-3-5-7-9-11-13-15-16-17-18-19-20-22-27-33-39-46-56(50-45-55)47-40-34-30-25-26-32-38-44-54(59)60-53-43-37-31-24-23-29-36-42-49-57(51-52-58)48-41-35-28-21-14-12-10-8-6-4-2/h16-17,58H,3-15,18-53H2,1-2H3/b17-16-. The Bertz CT molecular complexity index is 842. The molecule has 1 N–H and O–H groups in total. The van der Waals surface area contributed by atoms with Crippen LogP contribution in [0.3, 0.4) is 0 Å². The van der Waals surface area contributed by atoms with Crippen LogP contribution < -0.4 is 0 Å². The molecule has 0 aromatic rings. The minimum absolute atomic E-state index is 0.000406. The molecule has 5 nitrogen and oxygen atoms in total. The van der Waals surface area contributed by atoms with Gasteiger partial charge < -0.3 is 19.6 Å². The number of aliphatic hydroxyl groups excluding tert-OH is 1. The maximum absolute atomic E-state index is 12.2. The normalized spacial score (nSPS) is 11.9. The number of allylic oxidation sites excluding steroid dienone is 2. The number of nitrogens with zero attached hydrogens (tertiary/aromatic N) is 2. The first kappa shape index (κ1) is 59.4. The molecule has 0 unspecified atom stereocenters. The lowest BCUT2D eigenvalue weighted by Gasteiger charge is -2.21. The lowest BCUT2D eigenvalue weighted by atomic mass is 10.1. The molecule has 358 valence electrons. The number of hydrogen-bond donors (Lipinski definition) is 1. The monoisotopic (exact) mass is 867 g/mol. The highest BCUT2D eigenvalue weighted by atomic mass is 35.5. The summed E-state index contributed by atoms with van der Waals surface area (Å²) in [6.07, 6.45) is 56.7. The molecule has 0 radical (unpaired) electrons. The van der Waals surface area contributed by atoms with Gasteiger partial charge in [-0.1, -0.05) is 212 Å². The Morgan fingerprint density at radius 1 is 0.417 bits per heavy atom. The number of esters is 1. The fourth-order valence-corrected chi connectivity index (χ4v) is 8.82. The maximum Gasteiger partial charge on any atom is 0.305 e. The number of carbonyl (C=O) groups is 1. The van der Waals surface area contributed by atoms with Crippen LogP contribution in [-0.2, 0) is 9.53 Å². The van der Waals surface area contributed by atoms with Crippen molar-refractivity contribution in [1.82, 2.24) is 9.80 Å². The molecular weight excluding hydrogens is 760 g/mol. The molecule has 0 saturated carbocycles. The Kier molecular flexibility index (Phi) is 52.2. The van der Waals surface area contributed by atoms with Gasteiger partial charge in [0.25, 0.3) is 0 Å². The van der Waals surface area contributed by atoms with Crippen molar-refractivity contribution >= 4 is 17.6 Å². The molecule has 0 aromatic carbocycles. The molecule has 60 heavy (non-hydrogen) atoms. The minimum atomic E-state index is -0.000406. The predicted molar refractivity (Wildman–Crippen MR) is 267 cm³/mol. The largest absolute Gasteiger partial charge is 0.466 e. The van der Waals surface area contributed by atoms with E-state index in [-0.39, 0.29) is 12.6 Å². The van der Waals surface area contributed by atoms with Crippen molar-refractivity contribution in [3.63, 3.8) is 0 Å². The van der Waals surface area contributed by atoms with E-state index in [9.17, 15) is 9.90 Å². The third-order valence-electron chi connectivity index (χ3n) is 12.6. The van der Waals surface area contributed by atoms with Gasteiger partial charge in [-0.3, -0.25) is 4.79 Å². The fraction of sp³-hybridized carbons (Fsp3) is 0.944. The first-order chi connectivity index (χ1) is 29.7. The third kappa shape index (κ3) is 48.4. The molecule has 0 saturated heterocycles. The minimum Gasteiger partial charge on any atom is -0.466 e. The van der Waals surface area contributed by atoms with Gasteiger partial charge in [-0.05, 0) is 90.4 Å². The maximum atomic E-state index is 12.2. The summed E-state index contributed by atoms with van der Waals surface area (Å²) in [4.78, 5) is 17.2. The van der Waals surface area contributed by atoms with Gasteiger partial charge in [-0.15, -0.1) is 11.6 Å². The molecule has 0 aliphatic heterocycles. The van der Waals surface area contributed by atoms with Crippen LogP contribution >= 0.6 is 11.6 Å². The highest BCUT2D eigenvalue weighted by molar-refractivity contribution is 6.18. The van der Waals surface area contributed by atoms with Crippen molar-refractivity contribution in [2.24, 2.45) is 0 Å². The number of rotatable bonds is 52. The van der Waals surface area contributed by atoms with Crippen molar-refractivity contribution in [1.29, 1.82) is 0 Å². The van der Waals surface area contributed by atoms with E-state index in [0.717, 1.165) is 57.7 Å². The van der Waals surface area contributed by atoms with Gasteiger partial charge in [0.1, 0.15) is 0 Å². The zero-order valence-electron chi connectivity index (χ0n) is 40.8. The molecule has 6 heteroatoms. The van der Waals surface area contributed by atoms with E-state index in [1.807, 2.05) is 0 Å². The predicted octanol–water partition coefficient (Wildman–Crippen LogP) is 16.6. The van der Waals surface area contributed by atoms with Crippen molar-refractivity contribution in [3.05, 3.63) is 12.2 Å². The van der Waals surface area contributed by atoms with Gasteiger partial charge >= 0.3 is 5.97 Å². The molecule has 0 fully saturated rings. The fourth-order valence-electron chi connectivity index (χ4n) is 8.58. The second kappa shape index (κ2) is 52.7. The number of aliphatic hydroxyl groups is 1. The summed E-state index contributed by atoms with van der Waals surface area (Å²) in [7, 11) is 0. The quantitative estimate of drug-likeness (QED) is 0.0286. The Morgan fingerprint density at radius 3 is 1.10 bits per heavy atom. The summed E-state index contributed by atoms with van der Waals surface area (Å²) in [6.45, 7) is 12.0. The first-order valence-corrected chi connectivity index (χ1v) is 27.6. The van der Waals surface area contributed by atoms with Crippen molar-refractivity contribution in [2.45, 2.75) is 271 Å². The molecule has 0 aromatic heterocycles. The molecule has 0 spiro atoms. The van der Waals surface area contributed by atoms with E-state index < -0.39 is 0 Å². The number of halogens is 1. The van der Waals surface area contributed by atoms with Crippen LogP contribution in [0.15, 0.2) is 12.2 Å². The van der Waals surface area contributed by atoms with Crippen molar-refractivity contribution < 1.29 is 14.6 Å². The van der Waals surface area contributed by atoms with E-state index in [1.165, 1.54) is 238 Å². The lowest BCUT2D eigenvalue weighted by molar-refractivity contribution is -0.143. The summed E-state index contributed by atoms with van der Waals surface area (Å²) < 4.78 is 5.52. The molecule has 0 heterocycles. The Hall–Kier alpha value is -0.620. The van der Waals surface area contributed by atoms with Gasteiger partial charge in [-0.2, -0.15) is 0 Å². The first-order valence-electron chi connectivity index (χ1n) is 27.1. The summed E-state index contributed by atoms with van der Waals surface area (Å²) in [5, 5.41) is 9.49. The van der Waals surface area contributed by atoms with Crippen LogP contribution in [0, 0.1) is 0 Å². The molecule has 0 rings (SSSR count). The van der Waals surface area contributed by atoms with Gasteiger partial charge in [-0.25, -0.2) is 0 Å². The van der Waals surface area contributed by atoms with Crippen LogP contribution in [0.4, 0.5) is 0 Å². The van der Waals surface area contributed by atoms with E-state index in [4.69, 9.17) is 16.3 Å². The number of carbonyl (C=O) groups excluding carboxylic acids is 1. The van der Waals surface area contributed by atoms with Gasteiger partial charge in [0.2, 0.25) is 0 Å². The third-order valence-corrected chi connectivity index (χ3v) is 12.8. The number of unbranched alkanes of at least 4 members (excludes halogenated alkanes) is 34. The molecule has 0 amide bonds. The average Bonchev–Trinajstić information content (AvgIpc) is 3.25. The number of hydrogen-bond acceptors (Lipinski definition) is 5. The smallest absolute Gasteiger partial charge is 0.305 e. The zero-order chi connectivity index (χ0) is 43.5. The van der Waals surface area contributed by atoms with Gasteiger partial charge in [0, 0.05) is 25.4 Å². The summed E-state index contributed by atoms with van der Waals surface area (Å²) in [5.74, 6) is 0.738. The number of alkyl halides is 1. The van der Waals surface area contributed by atoms with E-state index >= 15 is 0 Å². The molecule has 0 bridgehead atoms. The second-order valence-corrected chi connectivity index (χ2v) is 18.9. The molecular formula is C54H107ClN2O3. The molecule has 0 atom stereocenters. The second-order valence-electron chi connectivity index (χ2n) is 18.5. The summed E-state index contributed by atoms with van der Waals surface area (Å²) >= 11 is 6.13. The topological polar surface area (TPSA) is 53.0 Å². The summed E-state index contributed by atoms with van der Waals surface area (Å²) in [6, 6.07) is 0. The summed E-state index contributed by atoms with van der Waals surface area (Å²) in [5.41, 5.74) is 0.